The van der Waals surface area contributed by atoms with Crippen LogP contribution in [0.25, 0.3) is 0 Å². The fourth-order valence-electron chi connectivity index (χ4n) is 2.50. The highest BCUT2D eigenvalue weighted by molar-refractivity contribution is 5.33. The first-order valence-corrected chi connectivity index (χ1v) is 6.73. The maximum Gasteiger partial charge on any atom is 0.225 e. The first kappa shape index (κ1) is 12.3. The standard InChI is InChI=1S/C14H23N3/c1-11(2)6-7-13-5-4-10-17(13)14-15-9-8-12(3)16-14/h8-9,11,13H,4-7,10H2,1-3H3. The minimum absolute atomic E-state index is 0.652. The molecule has 1 saturated heterocycles. The van der Waals surface area contributed by atoms with Gasteiger partial charge in [0, 0.05) is 24.5 Å². The quantitative estimate of drug-likeness (QED) is 0.799. The molecular formula is C14H23N3. The molecule has 1 aliphatic heterocycles. The molecule has 0 bridgehead atoms. The molecular weight excluding hydrogens is 210 g/mol. The Kier molecular flexibility index (Phi) is 3.97. The monoisotopic (exact) mass is 233 g/mol. The van der Waals surface area contributed by atoms with Crippen LogP contribution < -0.4 is 4.90 Å². The van der Waals surface area contributed by atoms with Crippen molar-refractivity contribution in [1.82, 2.24) is 9.97 Å². The Hall–Kier alpha value is -1.12. The van der Waals surface area contributed by atoms with Gasteiger partial charge in [0.1, 0.15) is 0 Å². The average Bonchev–Trinajstić information content (AvgIpc) is 2.74. The van der Waals surface area contributed by atoms with Crippen molar-refractivity contribution < 1.29 is 0 Å². The van der Waals surface area contributed by atoms with Crippen LogP contribution in [0.1, 0.15) is 45.2 Å². The fourth-order valence-corrected chi connectivity index (χ4v) is 2.50. The molecule has 1 aromatic rings. The van der Waals surface area contributed by atoms with E-state index in [2.05, 4.69) is 28.7 Å². The molecule has 3 nitrogen and oxygen atoms in total. The Labute approximate surface area is 104 Å². The largest absolute Gasteiger partial charge is 0.338 e. The van der Waals surface area contributed by atoms with Crippen LogP contribution in [0, 0.1) is 12.8 Å². The zero-order chi connectivity index (χ0) is 12.3. The van der Waals surface area contributed by atoms with Gasteiger partial charge in [0.05, 0.1) is 0 Å². The molecule has 0 radical (unpaired) electrons. The molecule has 94 valence electrons. The Balaban J connectivity index is 2.04. The maximum atomic E-state index is 4.55. The first-order valence-electron chi connectivity index (χ1n) is 6.73. The number of hydrogen-bond donors (Lipinski definition) is 0. The molecule has 1 aliphatic rings. The Morgan fingerprint density at radius 3 is 3.00 bits per heavy atom. The van der Waals surface area contributed by atoms with Gasteiger partial charge in [-0.2, -0.15) is 0 Å². The molecule has 0 saturated carbocycles. The normalized spacial score (nSPS) is 20.2. The predicted octanol–water partition coefficient (Wildman–Crippen LogP) is 3.19. The van der Waals surface area contributed by atoms with E-state index in [1.165, 1.54) is 25.7 Å². The molecule has 1 aromatic heterocycles. The van der Waals surface area contributed by atoms with E-state index in [9.17, 15) is 0 Å². The molecule has 0 aromatic carbocycles. The minimum atomic E-state index is 0.652. The summed E-state index contributed by atoms with van der Waals surface area (Å²) in [6.45, 7) is 7.74. The van der Waals surface area contributed by atoms with Gasteiger partial charge < -0.3 is 4.90 Å². The first-order chi connectivity index (χ1) is 8.16. The lowest BCUT2D eigenvalue weighted by Gasteiger charge is -2.25. The second-order valence-electron chi connectivity index (χ2n) is 5.46. The summed E-state index contributed by atoms with van der Waals surface area (Å²) < 4.78 is 0. The molecule has 0 aliphatic carbocycles. The Bertz CT molecular complexity index is 362. The van der Waals surface area contributed by atoms with Gasteiger partial charge in [-0.25, -0.2) is 9.97 Å². The third kappa shape index (κ3) is 3.18. The predicted molar refractivity (Wildman–Crippen MR) is 71.2 cm³/mol. The summed E-state index contributed by atoms with van der Waals surface area (Å²) in [5.74, 6) is 1.71. The van der Waals surface area contributed by atoms with Gasteiger partial charge in [-0.05, 0) is 44.6 Å². The zero-order valence-electron chi connectivity index (χ0n) is 11.2. The molecule has 1 unspecified atom stereocenters. The second-order valence-corrected chi connectivity index (χ2v) is 5.46. The van der Waals surface area contributed by atoms with E-state index in [0.717, 1.165) is 24.1 Å². The summed E-state index contributed by atoms with van der Waals surface area (Å²) in [7, 11) is 0. The third-order valence-corrected chi connectivity index (χ3v) is 3.49. The summed E-state index contributed by atoms with van der Waals surface area (Å²) in [4.78, 5) is 11.4. The van der Waals surface area contributed by atoms with Gasteiger partial charge >= 0.3 is 0 Å². The average molecular weight is 233 g/mol. The molecule has 3 heteroatoms. The van der Waals surface area contributed by atoms with Crippen LogP contribution >= 0.6 is 0 Å². The van der Waals surface area contributed by atoms with Crippen LogP contribution in [0.15, 0.2) is 12.3 Å². The fraction of sp³-hybridized carbons (Fsp3) is 0.714. The number of hydrogen-bond acceptors (Lipinski definition) is 3. The topological polar surface area (TPSA) is 29.0 Å². The number of rotatable bonds is 4. The number of nitrogens with zero attached hydrogens (tertiary/aromatic N) is 3. The molecule has 17 heavy (non-hydrogen) atoms. The summed E-state index contributed by atoms with van der Waals surface area (Å²) in [5.41, 5.74) is 1.06. The van der Waals surface area contributed by atoms with Crippen LogP contribution in [0.2, 0.25) is 0 Å². The maximum absolute atomic E-state index is 4.55. The highest BCUT2D eigenvalue weighted by Crippen LogP contribution is 2.26. The lowest BCUT2D eigenvalue weighted by Crippen LogP contribution is -2.31. The number of aromatic nitrogens is 2. The van der Waals surface area contributed by atoms with Crippen LogP contribution in [0.3, 0.4) is 0 Å². The van der Waals surface area contributed by atoms with Gasteiger partial charge in [-0.3, -0.25) is 0 Å². The summed E-state index contributed by atoms with van der Waals surface area (Å²) in [6, 6.07) is 2.61. The molecule has 0 amide bonds. The van der Waals surface area contributed by atoms with E-state index >= 15 is 0 Å². The summed E-state index contributed by atoms with van der Waals surface area (Å²) >= 11 is 0. The van der Waals surface area contributed by atoms with Gasteiger partial charge in [0.25, 0.3) is 0 Å². The van der Waals surface area contributed by atoms with Crippen molar-refractivity contribution in [3.05, 3.63) is 18.0 Å². The van der Waals surface area contributed by atoms with Gasteiger partial charge in [0.2, 0.25) is 5.95 Å². The zero-order valence-corrected chi connectivity index (χ0v) is 11.2. The van der Waals surface area contributed by atoms with E-state index in [1.807, 2.05) is 19.2 Å². The highest BCUT2D eigenvalue weighted by Gasteiger charge is 2.26. The van der Waals surface area contributed by atoms with E-state index in [4.69, 9.17) is 0 Å². The highest BCUT2D eigenvalue weighted by atomic mass is 15.3. The van der Waals surface area contributed by atoms with E-state index in [0.29, 0.717) is 6.04 Å². The van der Waals surface area contributed by atoms with Crippen molar-refractivity contribution in [3.63, 3.8) is 0 Å². The smallest absolute Gasteiger partial charge is 0.225 e. The van der Waals surface area contributed by atoms with E-state index in [-0.39, 0.29) is 0 Å². The minimum Gasteiger partial charge on any atom is -0.338 e. The van der Waals surface area contributed by atoms with Crippen LogP contribution in [0.4, 0.5) is 5.95 Å². The van der Waals surface area contributed by atoms with Crippen molar-refractivity contribution >= 4 is 5.95 Å². The number of anilines is 1. The Morgan fingerprint density at radius 1 is 1.47 bits per heavy atom. The van der Waals surface area contributed by atoms with Crippen LogP contribution in [-0.2, 0) is 0 Å². The van der Waals surface area contributed by atoms with Crippen molar-refractivity contribution in [3.8, 4) is 0 Å². The molecule has 1 atom stereocenters. The van der Waals surface area contributed by atoms with Crippen LogP contribution in [0.5, 0.6) is 0 Å². The molecule has 0 spiro atoms. The van der Waals surface area contributed by atoms with Crippen molar-refractivity contribution in [1.29, 1.82) is 0 Å². The van der Waals surface area contributed by atoms with E-state index < -0.39 is 0 Å². The lowest BCUT2D eigenvalue weighted by atomic mass is 10.0. The van der Waals surface area contributed by atoms with Gasteiger partial charge in [-0.15, -0.1) is 0 Å². The summed E-state index contributed by atoms with van der Waals surface area (Å²) in [6.07, 6.45) is 7.02. The summed E-state index contributed by atoms with van der Waals surface area (Å²) in [5, 5.41) is 0. The van der Waals surface area contributed by atoms with Crippen molar-refractivity contribution in [2.45, 2.75) is 52.5 Å². The lowest BCUT2D eigenvalue weighted by molar-refractivity contribution is 0.492. The van der Waals surface area contributed by atoms with Gasteiger partial charge in [-0.1, -0.05) is 13.8 Å². The van der Waals surface area contributed by atoms with Crippen LogP contribution in [-0.4, -0.2) is 22.6 Å². The van der Waals surface area contributed by atoms with E-state index in [1.54, 1.807) is 0 Å². The number of aryl methyl sites for hydroxylation is 1. The van der Waals surface area contributed by atoms with Gasteiger partial charge in [0.15, 0.2) is 0 Å². The molecule has 2 heterocycles. The SMILES string of the molecule is Cc1ccnc(N2CCCC2CCC(C)C)n1. The molecule has 0 N–H and O–H groups in total. The second kappa shape index (κ2) is 5.48. The molecule has 1 fully saturated rings. The van der Waals surface area contributed by atoms with Crippen molar-refractivity contribution in [2.75, 3.05) is 11.4 Å². The third-order valence-electron chi connectivity index (χ3n) is 3.49. The van der Waals surface area contributed by atoms with Crippen molar-refractivity contribution in [2.24, 2.45) is 5.92 Å². The Morgan fingerprint density at radius 2 is 2.29 bits per heavy atom. The molecule has 2 rings (SSSR count).